The Morgan fingerprint density at radius 3 is 2.61 bits per heavy atom. The molecule has 0 saturated heterocycles. The molecule has 1 aromatic carbocycles. The fourth-order valence-corrected chi connectivity index (χ4v) is 4.59. The molecule has 2 N–H and O–H groups in total. The molecule has 1 aliphatic carbocycles. The van der Waals surface area contributed by atoms with E-state index in [1.165, 1.54) is 12.5 Å². The van der Waals surface area contributed by atoms with E-state index in [9.17, 15) is 17.6 Å². The van der Waals surface area contributed by atoms with Gasteiger partial charge in [-0.3, -0.25) is 5.10 Å². The molecule has 8 nitrogen and oxygen atoms in total. The molecular weight excluding hydrogens is 480 g/mol. The predicted octanol–water partition coefficient (Wildman–Crippen LogP) is 5.59. The Bertz CT molecular complexity index is 1270. The summed E-state index contributed by atoms with van der Waals surface area (Å²) < 4.78 is 64.9. The zero-order valence-electron chi connectivity index (χ0n) is 18.9. The Balaban J connectivity index is 1.29. The first-order chi connectivity index (χ1) is 17.3. The number of benzene rings is 1. The Kier molecular flexibility index (Phi) is 6.33. The molecule has 0 bridgehead atoms. The normalized spacial score (nSPS) is 20.3. The maximum atomic E-state index is 14.4. The van der Waals surface area contributed by atoms with Crippen molar-refractivity contribution in [3.05, 3.63) is 78.0 Å². The fourth-order valence-electron chi connectivity index (χ4n) is 4.59. The average molecular weight is 502 g/mol. The van der Waals surface area contributed by atoms with E-state index in [-0.39, 0.29) is 0 Å². The van der Waals surface area contributed by atoms with Crippen LogP contribution >= 0.6 is 0 Å². The number of pyridine rings is 1. The maximum Gasteiger partial charge on any atom is 0.419 e. The summed E-state index contributed by atoms with van der Waals surface area (Å²) in [5.74, 6) is 0.0485. The Morgan fingerprint density at radius 2 is 1.97 bits per heavy atom. The molecule has 0 unspecified atom stereocenters. The van der Waals surface area contributed by atoms with Crippen LogP contribution in [0, 0.1) is 5.82 Å². The molecule has 1 fully saturated rings. The van der Waals surface area contributed by atoms with Gasteiger partial charge in [0.1, 0.15) is 11.6 Å². The number of alkyl halides is 3. The number of anilines is 2. The lowest BCUT2D eigenvalue weighted by Gasteiger charge is -2.37. The van der Waals surface area contributed by atoms with Gasteiger partial charge in [-0.2, -0.15) is 18.3 Å². The van der Waals surface area contributed by atoms with Crippen LogP contribution in [0.4, 0.5) is 29.2 Å². The van der Waals surface area contributed by atoms with Crippen molar-refractivity contribution in [2.45, 2.75) is 49.8 Å². The molecule has 1 aliphatic rings. The van der Waals surface area contributed by atoms with Gasteiger partial charge in [0.2, 0.25) is 12.3 Å². The highest BCUT2D eigenvalue weighted by atomic mass is 19.4. The molecule has 12 heteroatoms. The van der Waals surface area contributed by atoms with Gasteiger partial charge in [0, 0.05) is 12.3 Å². The Morgan fingerprint density at radius 1 is 1.14 bits per heavy atom. The summed E-state index contributed by atoms with van der Waals surface area (Å²) in [6.07, 6.45) is 2.08. The van der Waals surface area contributed by atoms with E-state index in [1.54, 1.807) is 18.5 Å². The van der Waals surface area contributed by atoms with Gasteiger partial charge in [0.05, 0.1) is 23.3 Å². The van der Waals surface area contributed by atoms with Crippen LogP contribution in [-0.4, -0.2) is 31.5 Å². The monoisotopic (exact) mass is 502 g/mol. The minimum atomic E-state index is -4.79. The van der Waals surface area contributed by atoms with Gasteiger partial charge in [-0.05, 0) is 55.9 Å². The molecule has 4 aromatic rings. The minimum absolute atomic E-state index is 0.398. The number of H-pyrrole nitrogens is 1. The molecule has 0 amide bonds. The van der Waals surface area contributed by atoms with Crippen LogP contribution in [0.3, 0.4) is 0 Å². The number of hydrogen-bond acceptors (Lipinski definition) is 7. The van der Waals surface area contributed by atoms with Gasteiger partial charge in [-0.25, -0.2) is 9.37 Å². The summed E-state index contributed by atoms with van der Waals surface area (Å²) in [4.78, 5) is 4.46. The van der Waals surface area contributed by atoms with Crippen molar-refractivity contribution in [3.8, 4) is 5.75 Å². The van der Waals surface area contributed by atoms with Crippen molar-refractivity contribution >= 4 is 11.6 Å². The van der Waals surface area contributed by atoms with Crippen LogP contribution in [0.25, 0.3) is 0 Å². The zero-order chi connectivity index (χ0) is 25.2. The number of aromatic amines is 1. The van der Waals surface area contributed by atoms with Crippen LogP contribution in [0.5, 0.6) is 5.75 Å². The third-order valence-electron chi connectivity index (χ3n) is 6.40. The highest BCUT2D eigenvalue weighted by Crippen LogP contribution is 2.43. The Hall–Kier alpha value is -3.96. The number of rotatable bonds is 7. The lowest BCUT2D eigenvalue weighted by atomic mass is 9.69. The van der Waals surface area contributed by atoms with E-state index in [0.29, 0.717) is 55.7 Å². The molecule has 3 heterocycles. The molecule has 188 valence electrons. The first-order valence-corrected chi connectivity index (χ1v) is 11.3. The van der Waals surface area contributed by atoms with Crippen molar-refractivity contribution < 1.29 is 26.7 Å². The number of ether oxygens (including phenoxy) is 1. The summed E-state index contributed by atoms with van der Waals surface area (Å²) in [5, 5.41) is 17.8. The zero-order valence-corrected chi connectivity index (χ0v) is 18.9. The van der Waals surface area contributed by atoms with Crippen LogP contribution < -0.4 is 10.1 Å². The molecule has 36 heavy (non-hydrogen) atoms. The second kappa shape index (κ2) is 9.59. The second-order valence-electron chi connectivity index (χ2n) is 8.78. The van der Waals surface area contributed by atoms with Crippen molar-refractivity contribution in [1.82, 2.24) is 25.4 Å². The predicted molar refractivity (Wildman–Crippen MR) is 120 cm³/mol. The van der Waals surface area contributed by atoms with Gasteiger partial charge in [0.15, 0.2) is 11.6 Å². The standard InChI is InChI=1S/C24H22F4N6O2/c25-21-17(24(26,27)28)2-1-3-18(21)36-16-6-9-23(10-7-16,22-34-31-14-35-22)12-15-4-5-19(29-13-15)32-20-8-11-30-33-20/h1-5,8,11,13-14,16H,6-7,9-10,12H2,(H2,29,30,32,33). The SMILES string of the molecule is Fc1c(OC2CCC(Cc3ccc(Nc4ccn[nH]4)nc3)(c3nnco3)CC2)cccc1C(F)(F)F. The van der Waals surface area contributed by atoms with E-state index in [2.05, 4.69) is 30.7 Å². The number of nitrogens with one attached hydrogen (secondary N) is 2. The van der Waals surface area contributed by atoms with Crippen molar-refractivity contribution in [3.63, 3.8) is 0 Å². The van der Waals surface area contributed by atoms with E-state index >= 15 is 0 Å². The third-order valence-corrected chi connectivity index (χ3v) is 6.40. The molecule has 0 aliphatic heterocycles. The number of halogens is 4. The molecule has 1 saturated carbocycles. The molecule has 3 aromatic heterocycles. The van der Waals surface area contributed by atoms with E-state index < -0.39 is 34.8 Å². The van der Waals surface area contributed by atoms with Crippen LogP contribution in [0.2, 0.25) is 0 Å². The van der Waals surface area contributed by atoms with E-state index in [4.69, 9.17) is 9.15 Å². The number of aromatic nitrogens is 5. The third kappa shape index (κ3) is 5.02. The highest BCUT2D eigenvalue weighted by Gasteiger charge is 2.42. The van der Waals surface area contributed by atoms with Crippen LogP contribution in [0.1, 0.15) is 42.7 Å². The fraction of sp³-hybridized carbons (Fsp3) is 0.333. The van der Waals surface area contributed by atoms with Crippen molar-refractivity contribution in [2.75, 3.05) is 5.32 Å². The van der Waals surface area contributed by atoms with Crippen molar-refractivity contribution in [1.29, 1.82) is 0 Å². The molecule has 5 rings (SSSR count). The molecule has 0 radical (unpaired) electrons. The lowest BCUT2D eigenvalue weighted by Crippen LogP contribution is -2.38. The first-order valence-electron chi connectivity index (χ1n) is 11.3. The van der Waals surface area contributed by atoms with Crippen LogP contribution in [-0.2, 0) is 18.0 Å². The van der Waals surface area contributed by atoms with E-state index in [0.717, 1.165) is 11.6 Å². The minimum Gasteiger partial charge on any atom is -0.487 e. The molecule has 0 atom stereocenters. The summed E-state index contributed by atoms with van der Waals surface area (Å²) in [7, 11) is 0. The summed E-state index contributed by atoms with van der Waals surface area (Å²) in [5.41, 5.74) is -0.886. The number of nitrogens with zero attached hydrogens (tertiary/aromatic N) is 4. The van der Waals surface area contributed by atoms with Gasteiger partial charge < -0.3 is 14.5 Å². The van der Waals surface area contributed by atoms with Crippen molar-refractivity contribution in [2.24, 2.45) is 0 Å². The van der Waals surface area contributed by atoms with Crippen LogP contribution in [0.15, 0.2) is 59.6 Å². The van der Waals surface area contributed by atoms with E-state index in [1.807, 2.05) is 12.1 Å². The van der Waals surface area contributed by atoms with Gasteiger partial charge in [-0.1, -0.05) is 12.1 Å². The highest BCUT2D eigenvalue weighted by molar-refractivity contribution is 5.50. The van der Waals surface area contributed by atoms with Gasteiger partial charge >= 0.3 is 6.18 Å². The van der Waals surface area contributed by atoms with Gasteiger partial charge in [-0.15, -0.1) is 10.2 Å². The largest absolute Gasteiger partial charge is 0.487 e. The number of hydrogen-bond donors (Lipinski definition) is 2. The summed E-state index contributed by atoms with van der Waals surface area (Å²) in [6.45, 7) is 0. The Labute approximate surface area is 203 Å². The molecule has 0 spiro atoms. The smallest absolute Gasteiger partial charge is 0.419 e. The lowest BCUT2D eigenvalue weighted by molar-refractivity contribution is -0.140. The first kappa shape index (κ1) is 23.8. The summed E-state index contributed by atoms with van der Waals surface area (Å²) in [6, 6.07) is 8.65. The molecular formula is C24H22F4N6O2. The topological polar surface area (TPSA) is 102 Å². The summed E-state index contributed by atoms with van der Waals surface area (Å²) >= 11 is 0. The second-order valence-corrected chi connectivity index (χ2v) is 8.78. The average Bonchev–Trinajstić information content (AvgIpc) is 3.57. The van der Waals surface area contributed by atoms with Gasteiger partial charge in [0.25, 0.3) is 0 Å². The maximum absolute atomic E-state index is 14.4. The quantitative estimate of drug-likeness (QED) is 0.318.